The Labute approximate surface area is 381 Å². The van der Waals surface area contributed by atoms with E-state index < -0.39 is 121 Å². The maximum absolute atomic E-state index is 14.1. The molecule has 1 aliphatic rings. The molecule has 0 unspecified atom stereocenters. The molecule has 18 heteroatoms. The molecule has 1 saturated heterocycles. The van der Waals surface area contributed by atoms with Crippen LogP contribution in [0.2, 0.25) is 0 Å². The number of carbonyl (C=O) groups excluding carboxylic acids is 8. The molecule has 4 amide bonds. The molecule has 1 aromatic carbocycles. The molecule has 0 aliphatic carbocycles. The zero-order chi connectivity index (χ0) is 48.1. The highest BCUT2D eigenvalue weighted by Crippen LogP contribution is 2.29. The van der Waals surface area contributed by atoms with E-state index >= 15 is 0 Å². The molecule has 1 heterocycles. The van der Waals surface area contributed by atoms with Crippen LogP contribution >= 0.6 is 11.8 Å². The third kappa shape index (κ3) is 18.5. The topological polar surface area (TPSA) is 299 Å². The van der Waals surface area contributed by atoms with Crippen molar-refractivity contribution in [2.75, 3.05) is 31.7 Å². The summed E-state index contributed by atoms with van der Waals surface area (Å²) >= 11 is 1.54. The molecule has 64 heavy (non-hydrogen) atoms. The molecule has 0 aromatic heterocycles. The molecule has 0 saturated carbocycles. The van der Waals surface area contributed by atoms with Crippen LogP contribution in [-0.4, -0.2) is 124 Å². The first kappa shape index (κ1) is 55.6. The number of ketones is 4. The maximum Gasteiger partial charge on any atom is 0.304 e. The second kappa shape index (κ2) is 28.4. The van der Waals surface area contributed by atoms with Gasteiger partial charge in [0.15, 0.2) is 17.3 Å². The highest BCUT2D eigenvalue weighted by atomic mass is 32.2. The summed E-state index contributed by atoms with van der Waals surface area (Å²) in [7, 11) is 0. The number of unbranched alkanes of at least 4 members (excludes halogenated alkanes) is 1. The van der Waals surface area contributed by atoms with Crippen LogP contribution in [0, 0.1) is 35.5 Å². The van der Waals surface area contributed by atoms with Crippen LogP contribution in [0.5, 0.6) is 0 Å². The molecular formula is C46H72N6O11S. The number of hydrogen-bond acceptors (Lipinski definition) is 13. The van der Waals surface area contributed by atoms with Gasteiger partial charge in [-0.2, -0.15) is 11.8 Å². The summed E-state index contributed by atoms with van der Waals surface area (Å²) in [5, 5.41) is 24.9. The van der Waals surface area contributed by atoms with Crippen molar-refractivity contribution in [3.05, 3.63) is 35.9 Å². The summed E-state index contributed by atoms with van der Waals surface area (Å²) in [4.78, 5) is 121. The number of amides is 4. The van der Waals surface area contributed by atoms with E-state index in [0.717, 1.165) is 0 Å². The number of aliphatic carboxylic acids is 1. The third-order valence-corrected chi connectivity index (χ3v) is 12.4. The second-order valence-electron chi connectivity index (χ2n) is 17.8. The van der Waals surface area contributed by atoms with Gasteiger partial charge < -0.3 is 42.9 Å². The summed E-state index contributed by atoms with van der Waals surface area (Å²) in [6, 6.07) is 4.44. The number of primary amides is 1. The lowest BCUT2D eigenvalue weighted by molar-refractivity contribution is -0.142. The van der Waals surface area contributed by atoms with Crippen LogP contribution in [0.15, 0.2) is 30.3 Å². The fourth-order valence-electron chi connectivity index (χ4n) is 7.98. The number of nitrogens with zero attached hydrogens (tertiary/aromatic N) is 1. The minimum atomic E-state index is -1.55. The number of hydrogen-bond donors (Lipinski definition) is 7. The Morgan fingerprint density at radius 3 is 2.02 bits per heavy atom. The lowest BCUT2D eigenvalue weighted by Gasteiger charge is -2.30. The number of carboxylic acid groups (broad SMARTS) is 1. The number of aliphatic hydroxyl groups excluding tert-OH is 1. The van der Waals surface area contributed by atoms with E-state index in [-0.39, 0.29) is 43.4 Å². The van der Waals surface area contributed by atoms with Crippen molar-refractivity contribution in [2.24, 2.45) is 52.7 Å². The molecule has 2 rings (SSSR count). The Balaban J connectivity index is 2.26. The molecule has 1 aliphatic heterocycles. The van der Waals surface area contributed by atoms with E-state index in [9.17, 15) is 53.4 Å². The standard InChI is InChI=1S/C46H72N6O11S/c1-27(2)19-36(39(56)21-30(43(49)60)15-18-64-5)52-17-14-31(46(52)63)22-40(57)42(28(3)4)51-45(62)32(20-29-11-7-6-8-12-29)24-38(55)35(26-53)50-44(61)33(25-41(58)59)23-37(54)34(48)13-9-10-16-47/h6-8,11-12,27-28,30-36,42,53H,9-10,13-26,47-48H2,1-5H3,(H2,49,60)(H,50,61)(H,51,62)(H,58,59)/t30-,31-,32-,33+,34+,35+,36+,42+/m1/s1. The summed E-state index contributed by atoms with van der Waals surface area (Å²) in [6.07, 6.45) is 2.51. The molecule has 358 valence electrons. The van der Waals surface area contributed by atoms with E-state index in [1.165, 1.54) is 16.7 Å². The summed E-state index contributed by atoms with van der Waals surface area (Å²) in [5.74, 6) is -9.47. The smallest absolute Gasteiger partial charge is 0.304 e. The van der Waals surface area contributed by atoms with Gasteiger partial charge in [-0.05, 0) is 74.5 Å². The van der Waals surface area contributed by atoms with Crippen molar-refractivity contribution in [1.29, 1.82) is 0 Å². The van der Waals surface area contributed by atoms with Crippen LogP contribution in [0.4, 0.5) is 0 Å². The van der Waals surface area contributed by atoms with E-state index in [1.54, 1.807) is 44.2 Å². The maximum atomic E-state index is 14.1. The Hall–Kier alpha value is -4.52. The van der Waals surface area contributed by atoms with Gasteiger partial charge in [0.25, 0.3) is 0 Å². The molecule has 1 aromatic rings. The van der Waals surface area contributed by atoms with Gasteiger partial charge in [-0.15, -0.1) is 0 Å². The first-order valence-corrected chi connectivity index (χ1v) is 23.8. The predicted octanol–water partition coefficient (Wildman–Crippen LogP) is 1.97. The minimum absolute atomic E-state index is 0.0386. The molecule has 0 radical (unpaired) electrons. The van der Waals surface area contributed by atoms with Crippen LogP contribution in [-0.2, 0) is 49.6 Å². The quantitative estimate of drug-likeness (QED) is 0.0497. The number of aliphatic hydroxyl groups is 1. The Kier molecular flexibility index (Phi) is 24.7. The van der Waals surface area contributed by atoms with Crippen molar-refractivity contribution in [3.63, 3.8) is 0 Å². The van der Waals surface area contributed by atoms with E-state index in [4.69, 9.17) is 17.2 Å². The van der Waals surface area contributed by atoms with Crippen LogP contribution < -0.4 is 27.8 Å². The normalized spacial score (nSPS) is 17.2. The highest BCUT2D eigenvalue weighted by molar-refractivity contribution is 7.98. The molecule has 8 atom stereocenters. The zero-order valence-electron chi connectivity index (χ0n) is 38.1. The van der Waals surface area contributed by atoms with Gasteiger partial charge in [-0.1, -0.05) is 64.4 Å². The molecule has 10 N–H and O–H groups in total. The van der Waals surface area contributed by atoms with Gasteiger partial charge in [-0.3, -0.25) is 43.2 Å². The monoisotopic (exact) mass is 916 g/mol. The summed E-state index contributed by atoms with van der Waals surface area (Å²) in [6.45, 7) is 7.09. The van der Waals surface area contributed by atoms with E-state index in [2.05, 4.69) is 10.6 Å². The number of nitrogens with two attached hydrogens (primary N) is 3. The van der Waals surface area contributed by atoms with Gasteiger partial charge in [0.2, 0.25) is 23.6 Å². The van der Waals surface area contributed by atoms with Gasteiger partial charge in [0.1, 0.15) is 11.8 Å². The van der Waals surface area contributed by atoms with Crippen LogP contribution in [0.3, 0.4) is 0 Å². The number of Topliss-reactive ketones (excluding diaryl/α,β-unsaturated/α-hetero) is 4. The average Bonchev–Trinajstić information content (AvgIpc) is 3.59. The number of carbonyl (C=O) groups is 9. The number of benzene rings is 1. The number of likely N-dealkylation sites (tertiary alicyclic amines) is 1. The van der Waals surface area contributed by atoms with Gasteiger partial charge in [-0.25, -0.2) is 0 Å². The Morgan fingerprint density at radius 2 is 1.45 bits per heavy atom. The minimum Gasteiger partial charge on any atom is -0.481 e. The van der Waals surface area contributed by atoms with Crippen molar-refractivity contribution in [3.8, 4) is 0 Å². The fraction of sp³-hybridized carbons (Fsp3) is 0.674. The van der Waals surface area contributed by atoms with Gasteiger partial charge in [0.05, 0.1) is 37.1 Å². The van der Waals surface area contributed by atoms with E-state index in [1.807, 2.05) is 20.1 Å². The lowest BCUT2D eigenvalue weighted by Crippen LogP contribution is -2.50. The molecule has 0 spiro atoms. The highest BCUT2D eigenvalue weighted by Gasteiger charge is 2.42. The predicted molar refractivity (Wildman–Crippen MR) is 243 cm³/mol. The number of thioether (sulfide) groups is 1. The molecule has 17 nitrogen and oxygen atoms in total. The molecule has 1 fully saturated rings. The van der Waals surface area contributed by atoms with Crippen molar-refractivity contribution < 1.29 is 53.4 Å². The number of carboxylic acids is 1. The van der Waals surface area contributed by atoms with Gasteiger partial charge >= 0.3 is 5.97 Å². The summed E-state index contributed by atoms with van der Waals surface area (Å²) in [5.41, 5.74) is 17.8. The average molecular weight is 917 g/mol. The molecule has 0 bridgehead atoms. The van der Waals surface area contributed by atoms with Crippen molar-refractivity contribution >= 4 is 64.5 Å². The lowest BCUT2D eigenvalue weighted by atomic mass is 9.88. The number of rotatable bonds is 33. The fourth-order valence-corrected chi connectivity index (χ4v) is 8.50. The van der Waals surface area contributed by atoms with Crippen LogP contribution in [0.1, 0.15) is 104 Å². The van der Waals surface area contributed by atoms with Gasteiger partial charge in [0, 0.05) is 50.0 Å². The zero-order valence-corrected chi connectivity index (χ0v) is 38.9. The van der Waals surface area contributed by atoms with E-state index in [0.29, 0.717) is 56.4 Å². The Bertz CT molecular complexity index is 1740. The largest absolute Gasteiger partial charge is 0.481 e. The first-order valence-electron chi connectivity index (χ1n) is 22.4. The first-order chi connectivity index (χ1) is 30.2. The summed E-state index contributed by atoms with van der Waals surface area (Å²) < 4.78 is 0. The molecular weight excluding hydrogens is 845 g/mol. The SMILES string of the molecule is CSCC[C@H](CC(=O)[C@H](CC(C)C)N1CC[C@H](CC(=O)[C@@H](NC(=O)[C@@H](CC(=O)[C@H](CO)NC(=O)[C@H](CC(=O)O)CC(=O)[C@@H](N)CCCCN)Cc2ccccc2)C(C)C)C1=O)C(N)=O. The Morgan fingerprint density at radius 1 is 0.828 bits per heavy atom. The van der Waals surface area contributed by atoms with Crippen molar-refractivity contribution in [1.82, 2.24) is 15.5 Å². The number of nitrogens with one attached hydrogen (secondary N) is 2. The van der Waals surface area contributed by atoms with Crippen molar-refractivity contribution in [2.45, 2.75) is 129 Å². The third-order valence-electron chi connectivity index (χ3n) is 11.7. The van der Waals surface area contributed by atoms with Crippen LogP contribution in [0.25, 0.3) is 0 Å². The second-order valence-corrected chi connectivity index (χ2v) is 18.8.